The van der Waals surface area contributed by atoms with Crippen molar-refractivity contribution < 1.29 is 9.53 Å². The van der Waals surface area contributed by atoms with Crippen LogP contribution in [0.5, 0.6) is 0 Å². The molecular formula is C19H26N4O2S. The zero-order chi connectivity index (χ0) is 18.4. The first-order chi connectivity index (χ1) is 12.7. The van der Waals surface area contributed by atoms with Gasteiger partial charge in [-0.2, -0.15) is 0 Å². The second-order valence-corrected chi connectivity index (χ2v) is 7.61. The van der Waals surface area contributed by atoms with Gasteiger partial charge < -0.3 is 19.5 Å². The molecular weight excluding hydrogens is 348 g/mol. The molecule has 0 radical (unpaired) electrons. The molecule has 1 amide bonds. The topological polar surface area (TPSA) is 59.4 Å². The molecule has 1 aliphatic rings. The van der Waals surface area contributed by atoms with Crippen LogP contribution in [0.2, 0.25) is 0 Å². The molecule has 1 atom stereocenters. The first-order valence-electron chi connectivity index (χ1n) is 9.09. The first-order valence-corrected chi connectivity index (χ1v) is 9.96. The van der Waals surface area contributed by atoms with Crippen LogP contribution in [0.4, 0.5) is 11.4 Å². The summed E-state index contributed by atoms with van der Waals surface area (Å²) in [5, 5.41) is 3.67. The van der Waals surface area contributed by atoms with Crippen LogP contribution < -0.4 is 10.2 Å². The number of carbonyl (C=O) groups excluding carboxylic acids is 1. The summed E-state index contributed by atoms with van der Waals surface area (Å²) in [4.78, 5) is 19.1. The fourth-order valence-corrected chi connectivity index (χ4v) is 3.75. The van der Waals surface area contributed by atoms with Gasteiger partial charge in [-0.15, -0.1) is 0 Å². The normalized spacial score (nSPS) is 15.7. The molecule has 1 aromatic carbocycles. The molecule has 1 aliphatic heterocycles. The Labute approximate surface area is 158 Å². The third kappa shape index (κ3) is 4.80. The number of hydrogen-bond acceptors (Lipinski definition) is 5. The number of morpholine rings is 1. The van der Waals surface area contributed by atoms with Crippen molar-refractivity contribution in [3.05, 3.63) is 36.7 Å². The summed E-state index contributed by atoms with van der Waals surface area (Å²) in [5.41, 5.74) is 1.98. The van der Waals surface area contributed by atoms with Gasteiger partial charge in [0.25, 0.3) is 0 Å². The number of anilines is 2. The van der Waals surface area contributed by atoms with E-state index in [1.807, 2.05) is 37.4 Å². The van der Waals surface area contributed by atoms with Crippen molar-refractivity contribution in [3.63, 3.8) is 0 Å². The second kappa shape index (κ2) is 9.09. The largest absolute Gasteiger partial charge is 0.378 e. The van der Waals surface area contributed by atoms with Gasteiger partial charge in [-0.1, -0.05) is 18.7 Å². The van der Waals surface area contributed by atoms with Gasteiger partial charge in [-0.25, -0.2) is 4.98 Å². The Hall–Kier alpha value is -1.99. The lowest BCUT2D eigenvalue weighted by Gasteiger charge is -2.28. The molecule has 0 aliphatic carbocycles. The van der Waals surface area contributed by atoms with E-state index in [2.05, 4.69) is 26.7 Å². The van der Waals surface area contributed by atoms with E-state index in [0.29, 0.717) is 0 Å². The summed E-state index contributed by atoms with van der Waals surface area (Å²) in [5.74, 6) is -0.0137. The van der Waals surface area contributed by atoms with Crippen LogP contribution in [0.15, 0.2) is 41.8 Å². The number of hydrogen-bond donors (Lipinski definition) is 1. The predicted molar refractivity (Wildman–Crippen MR) is 106 cm³/mol. The number of aromatic nitrogens is 2. The zero-order valence-electron chi connectivity index (χ0n) is 15.4. The maximum Gasteiger partial charge on any atom is 0.237 e. The van der Waals surface area contributed by atoms with Crippen molar-refractivity contribution in [2.24, 2.45) is 0 Å². The Balaban J connectivity index is 1.55. The fourth-order valence-electron chi connectivity index (χ4n) is 2.86. The molecule has 0 bridgehead atoms. The number of benzene rings is 1. The molecule has 7 heteroatoms. The van der Waals surface area contributed by atoms with Gasteiger partial charge in [-0.05, 0) is 37.6 Å². The van der Waals surface area contributed by atoms with Gasteiger partial charge in [0.05, 0.1) is 18.5 Å². The second-order valence-electron chi connectivity index (χ2n) is 6.30. The molecule has 2 aromatic rings. The van der Waals surface area contributed by atoms with E-state index in [1.54, 1.807) is 6.20 Å². The molecule has 1 N–H and O–H groups in total. The highest BCUT2D eigenvalue weighted by Crippen LogP contribution is 2.24. The van der Waals surface area contributed by atoms with Gasteiger partial charge in [0.2, 0.25) is 5.91 Å². The number of nitrogens with zero attached hydrogens (tertiary/aromatic N) is 3. The van der Waals surface area contributed by atoms with E-state index in [0.717, 1.165) is 55.8 Å². The summed E-state index contributed by atoms with van der Waals surface area (Å²) in [7, 11) is 0. The third-order valence-corrected chi connectivity index (χ3v) is 5.42. The quantitative estimate of drug-likeness (QED) is 0.754. The number of nitrogens with one attached hydrogen (secondary N) is 1. The van der Waals surface area contributed by atoms with E-state index in [9.17, 15) is 4.79 Å². The monoisotopic (exact) mass is 374 g/mol. The molecule has 1 fully saturated rings. The van der Waals surface area contributed by atoms with Crippen LogP contribution >= 0.6 is 11.8 Å². The SMILES string of the molecule is CCCn1ccnc1SC(C)C(=O)Nc1ccc(N2CCOCC2)cc1. The van der Waals surface area contributed by atoms with Crippen molar-refractivity contribution >= 4 is 29.0 Å². The van der Waals surface area contributed by atoms with Crippen molar-refractivity contribution in [2.45, 2.75) is 37.2 Å². The lowest BCUT2D eigenvalue weighted by molar-refractivity contribution is -0.115. The number of thioether (sulfide) groups is 1. The van der Waals surface area contributed by atoms with Crippen molar-refractivity contribution in [1.82, 2.24) is 9.55 Å². The van der Waals surface area contributed by atoms with Gasteiger partial charge in [0, 0.05) is 43.4 Å². The molecule has 3 rings (SSSR count). The number of rotatable bonds is 7. The van der Waals surface area contributed by atoms with Gasteiger partial charge in [0.1, 0.15) is 0 Å². The van der Waals surface area contributed by atoms with Crippen LogP contribution in [0.3, 0.4) is 0 Å². The molecule has 1 saturated heterocycles. The van der Waals surface area contributed by atoms with Crippen molar-refractivity contribution in [3.8, 4) is 0 Å². The van der Waals surface area contributed by atoms with Crippen LogP contribution in [0.1, 0.15) is 20.3 Å². The summed E-state index contributed by atoms with van der Waals surface area (Å²) >= 11 is 1.49. The Morgan fingerprint density at radius 1 is 1.31 bits per heavy atom. The highest BCUT2D eigenvalue weighted by molar-refractivity contribution is 8.00. The number of amides is 1. The minimum absolute atomic E-state index is 0.0137. The van der Waals surface area contributed by atoms with Gasteiger partial charge in [0.15, 0.2) is 5.16 Å². The maximum absolute atomic E-state index is 12.5. The van der Waals surface area contributed by atoms with Crippen LogP contribution in [0.25, 0.3) is 0 Å². The first kappa shape index (κ1) is 18.8. The van der Waals surface area contributed by atoms with Crippen molar-refractivity contribution in [1.29, 1.82) is 0 Å². The Morgan fingerprint density at radius 2 is 2.04 bits per heavy atom. The van der Waals surface area contributed by atoms with E-state index in [1.165, 1.54) is 11.8 Å². The van der Waals surface area contributed by atoms with E-state index in [-0.39, 0.29) is 11.2 Å². The van der Waals surface area contributed by atoms with E-state index >= 15 is 0 Å². The molecule has 140 valence electrons. The lowest BCUT2D eigenvalue weighted by atomic mass is 10.2. The van der Waals surface area contributed by atoms with Crippen molar-refractivity contribution in [2.75, 3.05) is 36.5 Å². The molecule has 2 heterocycles. The summed E-state index contributed by atoms with van der Waals surface area (Å²) < 4.78 is 7.47. The number of imidazole rings is 1. The minimum Gasteiger partial charge on any atom is -0.378 e. The Kier molecular flexibility index (Phi) is 6.57. The maximum atomic E-state index is 12.5. The smallest absolute Gasteiger partial charge is 0.237 e. The molecule has 0 saturated carbocycles. The average Bonchev–Trinajstić information content (AvgIpc) is 3.10. The summed E-state index contributed by atoms with van der Waals surface area (Å²) in [6, 6.07) is 8.01. The average molecular weight is 375 g/mol. The third-order valence-electron chi connectivity index (χ3n) is 4.30. The Morgan fingerprint density at radius 3 is 2.73 bits per heavy atom. The van der Waals surface area contributed by atoms with Crippen LogP contribution in [-0.4, -0.2) is 47.0 Å². The van der Waals surface area contributed by atoms with E-state index in [4.69, 9.17) is 4.74 Å². The standard InChI is InChI=1S/C19H26N4O2S/c1-3-9-23-10-8-20-19(23)26-15(2)18(24)21-16-4-6-17(7-5-16)22-11-13-25-14-12-22/h4-8,10,15H,3,9,11-14H2,1-2H3,(H,21,24). The molecule has 0 spiro atoms. The van der Waals surface area contributed by atoms with Crippen LogP contribution in [0, 0.1) is 0 Å². The van der Waals surface area contributed by atoms with Gasteiger partial charge in [-0.3, -0.25) is 4.79 Å². The number of aryl methyl sites for hydroxylation is 1. The lowest BCUT2D eigenvalue weighted by Crippen LogP contribution is -2.36. The van der Waals surface area contributed by atoms with Gasteiger partial charge >= 0.3 is 0 Å². The summed E-state index contributed by atoms with van der Waals surface area (Å²) in [6.45, 7) is 8.30. The fraction of sp³-hybridized carbons (Fsp3) is 0.474. The predicted octanol–water partition coefficient (Wildman–Crippen LogP) is 3.25. The number of carbonyl (C=O) groups is 1. The highest BCUT2D eigenvalue weighted by Gasteiger charge is 2.18. The molecule has 26 heavy (non-hydrogen) atoms. The molecule has 1 aromatic heterocycles. The Bertz CT molecular complexity index is 711. The molecule has 1 unspecified atom stereocenters. The summed E-state index contributed by atoms with van der Waals surface area (Å²) in [6.07, 6.45) is 4.79. The van der Waals surface area contributed by atoms with E-state index < -0.39 is 0 Å². The minimum atomic E-state index is -0.216. The number of ether oxygens (including phenoxy) is 1. The highest BCUT2D eigenvalue weighted by atomic mass is 32.2. The van der Waals surface area contributed by atoms with Crippen LogP contribution in [-0.2, 0) is 16.1 Å². The zero-order valence-corrected chi connectivity index (χ0v) is 16.2. The molecule has 6 nitrogen and oxygen atoms in total.